The molecule has 146 valence electrons. The summed E-state index contributed by atoms with van der Waals surface area (Å²) < 4.78 is 18.7. The number of carbonyl (C=O) groups excluding carboxylic acids is 1. The molecule has 4 nitrogen and oxygen atoms in total. The van der Waals surface area contributed by atoms with Gasteiger partial charge >= 0.3 is 0 Å². The van der Waals surface area contributed by atoms with Crippen LogP contribution in [0.4, 0.5) is 4.39 Å². The van der Waals surface area contributed by atoms with Crippen molar-refractivity contribution in [3.63, 3.8) is 0 Å². The zero-order valence-corrected chi connectivity index (χ0v) is 16.4. The molecule has 0 fully saturated rings. The van der Waals surface area contributed by atoms with Crippen LogP contribution in [0.2, 0.25) is 0 Å². The average molecular weight is 380 g/mol. The second-order valence-electron chi connectivity index (χ2n) is 7.04. The lowest BCUT2D eigenvalue weighted by atomic mass is 10.0. The molecule has 1 atom stereocenters. The number of hydrogen-bond acceptors (Lipinski definition) is 3. The number of likely N-dealkylation sites (N-methyl/N-ethyl adjacent to an activating group) is 1. The average Bonchev–Trinajstić information content (AvgIpc) is 2.67. The Labute approximate surface area is 164 Å². The first-order chi connectivity index (χ1) is 13.5. The van der Waals surface area contributed by atoms with Crippen molar-refractivity contribution >= 4 is 16.7 Å². The van der Waals surface area contributed by atoms with E-state index in [2.05, 4.69) is 29.6 Å². The Morgan fingerprint density at radius 1 is 1.11 bits per heavy atom. The molecule has 1 unspecified atom stereocenters. The van der Waals surface area contributed by atoms with Crippen molar-refractivity contribution in [2.24, 2.45) is 0 Å². The minimum absolute atomic E-state index is 0.0721. The largest absolute Gasteiger partial charge is 0.494 e. The zero-order chi connectivity index (χ0) is 20.1. The normalized spacial score (nSPS) is 12.2. The van der Waals surface area contributed by atoms with Crippen molar-refractivity contribution < 1.29 is 13.9 Å². The van der Waals surface area contributed by atoms with Gasteiger partial charge in [0.05, 0.1) is 19.7 Å². The molecule has 0 bridgehead atoms. The van der Waals surface area contributed by atoms with Crippen molar-refractivity contribution in [1.29, 1.82) is 0 Å². The fraction of sp³-hybridized carbons (Fsp3) is 0.261. The van der Waals surface area contributed by atoms with Gasteiger partial charge < -0.3 is 10.1 Å². The van der Waals surface area contributed by atoms with Gasteiger partial charge in [-0.3, -0.25) is 9.69 Å². The van der Waals surface area contributed by atoms with E-state index in [0.29, 0.717) is 6.54 Å². The first-order valence-electron chi connectivity index (χ1n) is 9.25. The van der Waals surface area contributed by atoms with Gasteiger partial charge in [-0.25, -0.2) is 4.39 Å². The molecule has 0 aromatic heterocycles. The lowest BCUT2D eigenvalue weighted by Gasteiger charge is -2.20. The zero-order valence-electron chi connectivity index (χ0n) is 16.4. The van der Waals surface area contributed by atoms with Crippen molar-refractivity contribution in [1.82, 2.24) is 10.2 Å². The molecule has 5 heteroatoms. The molecule has 0 saturated heterocycles. The van der Waals surface area contributed by atoms with Gasteiger partial charge in [0.2, 0.25) is 5.91 Å². The Morgan fingerprint density at radius 3 is 2.57 bits per heavy atom. The predicted molar refractivity (Wildman–Crippen MR) is 110 cm³/mol. The quantitative estimate of drug-likeness (QED) is 0.665. The third kappa shape index (κ3) is 4.87. The number of hydrogen-bond donors (Lipinski definition) is 1. The Hall–Kier alpha value is -2.92. The van der Waals surface area contributed by atoms with Gasteiger partial charge in [-0.1, -0.05) is 42.5 Å². The van der Waals surface area contributed by atoms with Crippen molar-refractivity contribution in [3.05, 3.63) is 77.6 Å². The number of rotatable bonds is 7. The van der Waals surface area contributed by atoms with Gasteiger partial charge in [0.1, 0.15) is 0 Å². The maximum Gasteiger partial charge on any atom is 0.234 e. The maximum atomic E-state index is 13.8. The lowest BCUT2D eigenvalue weighted by Crippen LogP contribution is -2.36. The standard InChI is InChI=1S/C23H25FN2O2/c1-16(19-10-9-18-6-4-5-7-20(18)13-19)25-23(27)15-26(2)14-17-8-11-22(28-3)21(24)12-17/h4-13,16H,14-15H2,1-3H3,(H,25,27). The monoisotopic (exact) mass is 380 g/mol. The summed E-state index contributed by atoms with van der Waals surface area (Å²) in [6, 6.07) is 19.1. The second kappa shape index (κ2) is 8.85. The summed E-state index contributed by atoms with van der Waals surface area (Å²) >= 11 is 0. The van der Waals surface area contributed by atoms with Crippen LogP contribution in [0, 0.1) is 5.82 Å². The summed E-state index contributed by atoms with van der Waals surface area (Å²) in [6.45, 7) is 2.67. The Morgan fingerprint density at radius 2 is 1.86 bits per heavy atom. The molecular weight excluding hydrogens is 355 g/mol. The molecule has 0 aliphatic heterocycles. The molecule has 0 aliphatic rings. The highest BCUT2D eigenvalue weighted by Crippen LogP contribution is 2.21. The molecule has 0 saturated carbocycles. The van der Waals surface area contributed by atoms with Gasteiger partial charge in [-0.05, 0) is 54.1 Å². The topological polar surface area (TPSA) is 41.6 Å². The van der Waals surface area contributed by atoms with Gasteiger partial charge in [-0.15, -0.1) is 0 Å². The number of ether oxygens (including phenoxy) is 1. The molecule has 3 aromatic carbocycles. The fourth-order valence-electron chi connectivity index (χ4n) is 3.27. The Balaban J connectivity index is 1.57. The number of nitrogens with one attached hydrogen (secondary N) is 1. The fourth-order valence-corrected chi connectivity index (χ4v) is 3.27. The number of benzene rings is 3. The first-order valence-corrected chi connectivity index (χ1v) is 9.25. The van der Waals surface area contributed by atoms with Crippen molar-refractivity contribution in [2.45, 2.75) is 19.5 Å². The van der Waals surface area contributed by atoms with Gasteiger partial charge in [-0.2, -0.15) is 0 Å². The van der Waals surface area contributed by atoms with E-state index in [9.17, 15) is 9.18 Å². The van der Waals surface area contributed by atoms with Gasteiger partial charge in [0, 0.05) is 6.54 Å². The lowest BCUT2D eigenvalue weighted by molar-refractivity contribution is -0.122. The van der Waals surface area contributed by atoms with Crippen LogP contribution < -0.4 is 10.1 Å². The van der Waals surface area contributed by atoms with Crippen LogP contribution in [0.1, 0.15) is 24.1 Å². The minimum atomic E-state index is -0.400. The van der Waals surface area contributed by atoms with Crippen molar-refractivity contribution in [3.8, 4) is 5.75 Å². The van der Waals surface area contributed by atoms with Crippen molar-refractivity contribution in [2.75, 3.05) is 20.7 Å². The number of halogens is 1. The Bertz CT molecular complexity index is 974. The van der Waals surface area contributed by atoms with Crippen LogP contribution in [-0.2, 0) is 11.3 Å². The van der Waals surface area contributed by atoms with E-state index in [1.165, 1.54) is 18.6 Å². The summed E-state index contributed by atoms with van der Waals surface area (Å²) in [5.74, 6) is -0.256. The molecule has 0 heterocycles. The third-order valence-corrected chi connectivity index (χ3v) is 4.73. The van der Waals surface area contributed by atoms with Crippen LogP contribution >= 0.6 is 0 Å². The number of methoxy groups -OCH3 is 1. The van der Waals surface area contributed by atoms with Crippen LogP contribution in [-0.4, -0.2) is 31.5 Å². The molecule has 3 rings (SSSR count). The molecule has 0 aliphatic carbocycles. The van der Waals surface area contributed by atoms with E-state index < -0.39 is 5.82 Å². The van der Waals surface area contributed by atoms with Gasteiger partial charge in [0.15, 0.2) is 11.6 Å². The summed E-state index contributed by atoms with van der Waals surface area (Å²) in [6.07, 6.45) is 0. The Kier molecular flexibility index (Phi) is 6.26. The number of amides is 1. The molecule has 28 heavy (non-hydrogen) atoms. The summed E-state index contributed by atoms with van der Waals surface area (Å²) in [5, 5.41) is 5.36. The summed E-state index contributed by atoms with van der Waals surface area (Å²) in [5.41, 5.74) is 1.85. The third-order valence-electron chi connectivity index (χ3n) is 4.73. The van der Waals surface area contributed by atoms with Crippen LogP contribution in [0.15, 0.2) is 60.7 Å². The van der Waals surface area contributed by atoms with Crippen LogP contribution in [0.5, 0.6) is 5.75 Å². The minimum Gasteiger partial charge on any atom is -0.494 e. The highest BCUT2D eigenvalue weighted by atomic mass is 19.1. The predicted octanol–water partition coefficient (Wildman–Crippen LogP) is 4.30. The van der Waals surface area contributed by atoms with E-state index in [1.54, 1.807) is 12.1 Å². The highest BCUT2D eigenvalue weighted by molar-refractivity contribution is 5.83. The van der Waals surface area contributed by atoms with Gasteiger partial charge in [0.25, 0.3) is 0 Å². The van der Waals surface area contributed by atoms with E-state index in [0.717, 1.165) is 16.5 Å². The maximum absolute atomic E-state index is 13.8. The van der Waals surface area contributed by atoms with Crippen LogP contribution in [0.3, 0.4) is 0 Å². The molecule has 1 amide bonds. The smallest absolute Gasteiger partial charge is 0.234 e. The summed E-state index contributed by atoms with van der Waals surface area (Å²) in [7, 11) is 3.27. The van der Waals surface area contributed by atoms with E-state index >= 15 is 0 Å². The molecule has 1 N–H and O–H groups in total. The van der Waals surface area contributed by atoms with E-state index in [-0.39, 0.29) is 24.2 Å². The van der Waals surface area contributed by atoms with E-state index in [4.69, 9.17) is 4.74 Å². The summed E-state index contributed by atoms with van der Waals surface area (Å²) in [4.78, 5) is 14.3. The first kappa shape index (κ1) is 19.8. The molecule has 0 radical (unpaired) electrons. The number of carbonyl (C=O) groups is 1. The highest BCUT2D eigenvalue weighted by Gasteiger charge is 2.13. The molecule has 3 aromatic rings. The van der Waals surface area contributed by atoms with Crippen LogP contribution in [0.25, 0.3) is 10.8 Å². The second-order valence-corrected chi connectivity index (χ2v) is 7.04. The van der Waals surface area contributed by atoms with E-state index in [1.807, 2.05) is 37.1 Å². The SMILES string of the molecule is COc1ccc(CN(C)CC(=O)NC(C)c2ccc3ccccc3c2)cc1F. The molecule has 0 spiro atoms. The molecular formula is C23H25FN2O2. The number of fused-ring (bicyclic) bond motifs is 1. The number of nitrogens with zero attached hydrogens (tertiary/aromatic N) is 1.